The van der Waals surface area contributed by atoms with E-state index in [9.17, 15) is 4.79 Å². The summed E-state index contributed by atoms with van der Waals surface area (Å²) in [6.07, 6.45) is 4.66. The Morgan fingerprint density at radius 2 is 1.88 bits per heavy atom. The lowest BCUT2D eigenvalue weighted by atomic mass is 10.0. The first kappa shape index (κ1) is 11.7. The zero-order valence-corrected chi connectivity index (χ0v) is 10.2. The fraction of sp³-hybridized carbons (Fsp3) is 0.917. The van der Waals surface area contributed by atoms with Gasteiger partial charge in [0.15, 0.2) is 0 Å². The highest BCUT2D eigenvalue weighted by Crippen LogP contribution is 2.21. The minimum Gasteiger partial charge on any atom is -0.328 e. The number of carbonyl (C=O) groups excluding carboxylic acids is 1. The van der Waals surface area contributed by atoms with Crippen molar-refractivity contribution in [1.82, 2.24) is 9.80 Å². The number of piperidine rings is 1. The van der Waals surface area contributed by atoms with Crippen LogP contribution in [0.5, 0.6) is 0 Å². The highest BCUT2D eigenvalue weighted by molar-refractivity contribution is 5.74. The molecule has 2 amide bonds. The van der Waals surface area contributed by atoms with Gasteiger partial charge in [-0.25, -0.2) is 4.79 Å². The predicted molar refractivity (Wildman–Crippen MR) is 64.1 cm³/mol. The molecule has 2 aliphatic heterocycles. The molecule has 2 aliphatic rings. The van der Waals surface area contributed by atoms with Crippen LogP contribution >= 0.6 is 0 Å². The number of likely N-dealkylation sites (tertiary alicyclic amines) is 2. The summed E-state index contributed by atoms with van der Waals surface area (Å²) in [5.41, 5.74) is 5.89. The summed E-state index contributed by atoms with van der Waals surface area (Å²) in [5, 5.41) is 0. The lowest BCUT2D eigenvalue weighted by Gasteiger charge is -2.31. The summed E-state index contributed by atoms with van der Waals surface area (Å²) < 4.78 is 0. The number of nitrogens with two attached hydrogens (primary N) is 1. The summed E-state index contributed by atoms with van der Waals surface area (Å²) in [7, 11) is 0. The third kappa shape index (κ3) is 2.48. The van der Waals surface area contributed by atoms with Gasteiger partial charge in [-0.3, -0.25) is 0 Å². The zero-order chi connectivity index (χ0) is 11.5. The summed E-state index contributed by atoms with van der Waals surface area (Å²) in [5.74, 6) is 0.494. The Hall–Kier alpha value is -0.770. The first-order chi connectivity index (χ1) is 7.68. The van der Waals surface area contributed by atoms with Gasteiger partial charge >= 0.3 is 6.03 Å². The molecule has 0 spiro atoms. The van der Waals surface area contributed by atoms with E-state index in [-0.39, 0.29) is 12.1 Å². The average molecular weight is 225 g/mol. The van der Waals surface area contributed by atoms with Crippen LogP contribution in [0.25, 0.3) is 0 Å². The maximum absolute atomic E-state index is 12.2. The molecule has 2 unspecified atom stereocenters. The van der Waals surface area contributed by atoms with Gasteiger partial charge in [0.05, 0.1) is 0 Å². The summed E-state index contributed by atoms with van der Waals surface area (Å²) in [6.45, 7) is 5.67. The Morgan fingerprint density at radius 3 is 2.44 bits per heavy atom. The maximum atomic E-state index is 12.2. The molecule has 4 nitrogen and oxygen atoms in total. The Morgan fingerprint density at radius 1 is 1.19 bits per heavy atom. The maximum Gasteiger partial charge on any atom is 0.320 e. The second-order valence-corrected chi connectivity index (χ2v) is 5.18. The monoisotopic (exact) mass is 225 g/mol. The fourth-order valence-corrected chi connectivity index (χ4v) is 2.68. The van der Waals surface area contributed by atoms with Gasteiger partial charge in [-0.05, 0) is 38.5 Å². The van der Waals surface area contributed by atoms with Gasteiger partial charge in [0, 0.05) is 32.2 Å². The van der Waals surface area contributed by atoms with Crippen molar-refractivity contribution in [3.8, 4) is 0 Å². The lowest BCUT2D eigenvalue weighted by Crippen LogP contribution is -2.45. The van der Waals surface area contributed by atoms with Crippen LogP contribution in [0.2, 0.25) is 0 Å². The van der Waals surface area contributed by atoms with Crippen LogP contribution in [-0.4, -0.2) is 48.1 Å². The van der Waals surface area contributed by atoms with Crippen molar-refractivity contribution in [2.45, 2.75) is 38.6 Å². The largest absolute Gasteiger partial charge is 0.328 e. The minimum absolute atomic E-state index is 0.208. The molecule has 2 fully saturated rings. The smallest absolute Gasteiger partial charge is 0.320 e. The predicted octanol–water partition coefficient (Wildman–Crippen LogP) is 1.26. The molecule has 0 bridgehead atoms. The topological polar surface area (TPSA) is 49.6 Å². The summed E-state index contributed by atoms with van der Waals surface area (Å²) in [4.78, 5) is 16.2. The van der Waals surface area contributed by atoms with Crippen LogP contribution in [0.4, 0.5) is 4.79 Å². The van der Waals surface area contributed by atoms with E-state index in [1.807, 2.05) is 16.7 Å². The lowest BCUT2D eigenvalue weighted by molar-refractivity contribution is 0.151. The molecule has 0 saturated carbocycles. The normalized spacial score (nSPS) is 28.2. The van der Waals surface area contributed by atoms with Gasteiger partial charge in [0.2, 0.25) is 0 Å². The quantitative estimate of drug-likeness (QED) is 0.730. The van der Waals surface area contributed by atoms with Gasteiger partial charge in [-0.15, -0.1) is 0 Å². The Kier molecular flexibility index (Phi) is 3.69. The van der Waals surface area contributed by atoms with Crippen molar-refractivity contribution in [1.29, 1.82) is 0 Å². The fourth-order valence-electron chi connectivity index (χ4n) is 2.68. The number of urea groups is 1. The van der Waals surface area contributed by atoms with Crippen molar-refractivity contribution in [2.75, 3.05) is 26.2 Å². The molecule has 2 atom stereocenters. The van der Waals surface area contributed by atoms with Gasteiger partial charge in [-0.2, -0.15) is 0 Å². The van der Waals surface area contributed by atoms with E-state index in [0.29, 0.717) is 5.92 Å². The molecule has 0 aliphatic carbocycles. The Bertz CT molecular complexity index is 249. The number of carbonyl (C=O) groups is 1. The third-order valence-electron chi connectivity index (χ3n) is 3.87. The van der Waals surface area contributed by atoms with E-state index in [2.05, 4.69) is 0 Å². The van der Waals surface area contributed by atoms with Gasteiger partial charge < -0.3 is 15.5 Å². The molecule has 0 aromatic heterocycles. The Balaban J connectivity index is 1.86. The molecule has 2 N–H and O–H groups in total. The van der Waals surface area contributed by atoms with E-state index in [1.54, 1.807) is 0 Å². The van der Waals surface area contributed by atoms with E-state index >= 15 is 0 Å². The summed E-state index contributed by atoms with van der Waals surface area (Å²) in [6, 6.07) is 0.446. The van der Waals surface area contributed by atoms with Crippen molar-refractivity contribution in [2.24, 2.45) is 11.7 Å². The summed E-state index contributed by atoms with van der Waals surface area (Å²) >= 11 is 0. The van der Waals surface area contributed by atoms with Crippen LogP contribution < -0.4 is 5.73 Å². The second kappa shape index (κ2) is 5.04. The van der Waals surface area contributed by atoms with E-state index < -0.39 is 0 Å². The molecule has 0 aromatic carbocycles. The number of amides is 2. The molecule has 2 saturated heterocycles. The number of rotatable bonds is 1. The van der Waals surface area contributed by atoms with Gasteiger partial charge in [-0.1, -0.05) is 0 Å². The van der Waals surface area contributed by atoms with Crippen LogP contribution in [-0.2, 0) is 0 Å². The second-order valence-electron chi connectivity index (χ2n) is 5.18. The number of nitrogens with zero attached hydrogens (tertiary/aromatic N) is 2. The highest BCUT2D eigenvalue weighted by Gasteiger charge is 2.31. The third-order valence-corrected chi connectivity index (χ3v) is 3.87. The van der Waals surface area contributed by atoms with Crippen molar-refractivity contribution >= 4 is 6.03 Å². The molecular formula is C12H23N3O. The molecule has 92 valence electrons. The van der Waals surface area contributed by atoms with Crippen molar-refractivity contribution in [3.05, 3.63) is 0 Å². The van der Waals surface area contributed by atoms with E-state index in [4.69, 9.17) is 5.73 Å². The molecule has 4 heteroatoms. The Labute approximate surface area is 97.8 Å². The average Bonchev–Trinajstić information content (AvgIpc) is 2.78. The number of hydrogen-bond acceptors (Lipinski definition) is 2. The molecule has 0 radical (unpaired) electrons. The molecule has 0 aromatic rings. The first-order valence-electron chi connectivity index (χ1n) is 6.48. The van der Waals surface area contributed by atoms with Crippen LogP contribution in [0.1, 0.15) is 32.6 Å². The molecule has 2 rings (SSSR count). The first-order valence-corrected chi connectivity index (χ1v) is 6.48. The minimum atomic E-state index is 0.208. The van der Waals surface area contributed by atoms with Gasteiger partial charge in [0.25, 0.3) is 0 Å². The zero-order valence-electron chi connectivity index (χ0n) is 10.2. The van der Waals surface area contributed by atoms with E-state index in [1.165, 1.54) is 6.42 Å². The standard InChI is InChI=1S/C12H23N3O/c1-10(13)11-5-8-15(9-11)12(16)14-6-3-2-4-7-14/h10-11H,2-9,13H2,1H3. The molecule has 16 heavy (non-hydrogen) atoms. The van der Waals surface area contributed by atoms with Crippen molar-refractivity contribution < 1.29 is 4.79 Å². The molecule has 2 heterocycles. The van der Waals surface area contributed by atoms with Crippen molar-refractivity contribution in [3.63, 3.8) is 0 Å². The van der Waals surface area contributed by atoms with Crippen LogP contribution in [0.3, 0.4) is 0 Å². The van der Waals surface area contributed by atoms with Crippen LogP contribution in [0.15, 0.2) is 0 Å². The van der Waals surface area contributed by atoms with Crippen LogP contribution in [0, 0.1) is 5.92 Å². The number of hydrogen-bond donors (Lipinski definition) is 1. The SMILES string of the molecule is CC(N)C1CCN(C(=O)N2CCCCC2)C1. The van der Waals surface area contributed by atoms with E-state index in [0.717, 1.165) is 45.4 Å². The molecular weight excluding hydrogens is 202 g/mol. The highest BCUT2D eigenvalue weighted by atomic mass is 16.2. The van der Waals surface area contributed by atoms with Gasteiger partial charge in [0.1, 0.15) is 0 Å².